The summed E-state index contributed by atoms with van der Waals surface area (Å²) in [5.74, 6) is 0.399. The number of benzene rings is 1. The summed E-state index contributed by atoms with van der Waals surface area (Å²) in [6.45, 7) is 1.36. The van der Waals surface area contributed by atoms with Crippen LogP contribution in [0.2, 0.25) is 0 Å². The van der Waals surface area contributed by atoms with E-state index in [1.807, 2.05) is 0 Å². The molecule has 0 radical (unpaired) electrons. The lowest BCUT2D eigenvalue weighted by Gasteiger charge is -2.34. The fourth-order valence-electron chi connectivity index (χ4n) is 2.54. The third-order valence-electron chi connectivity index (χ3n) is 3.71. The quantitative estimate of drug-likeness (QED) is 0.791. The molecule has 122 valence electrons. The summed E-state index contributed by atoms with van der Waals surface area (Å²) in [6.07, 6.45) is 0. The second-order valence-corrected chi connectivity index (χ2v) is 7.12. The van der Waals surface area contributed by atoms with E-state index >= 15 is 0 Å². The molecule has 0 amide bonds. The lowest BCUT2D eigenvalue weighted by atomic mass is 10.3. The minimum absolute atomic E-state index is 0.262. The Morgan fingerprint density at radius 1 is 0.913 bits per heavy atom. The van der Waals surface area contributed by atoms with Crippen LogP contribution >= 0.6 is 0 Å². The van der Waals surface area contributed by atoms with Gasteiger partial charge in [-0.3, -0.25) is 14.8 Å². The topological polar surface area (TPSA) is 106 Å². The average molecular weight is 336 g/mol. The van der Waals surface area contributed by atoms with Gasteiger partial charge in [0.1, 0.15) is 5.82 Å². The van der Waals surface area contributed by atoms with Crippen molar-refractivity contribution in [2.24, 2.45) is 0 Å². The molecule has 1 fully saturated rings. The van der Waals surface area contributed by atoms with Crippen molar-refractivity contribution >= 4 is 15.8 Å². The van der Waals surface area contributed by atoms with Crippen molar-refractivity contribution < 1.29 is 8.42 Å². The highest BCUT2D eigenvalue weighted by Crippen LogP contribution is 2.18. The van der Waals surface area contributed by atoms with Crippen LogP contribution in [0.25, 0.3) is 0 Å². The number of aromatic nitrogens is 2. The Labute approximate surface area is 132 Å². The molecule has 2 aromatic rings. The van der Waals surface area contributed by atoms with Crippen LogP contribution < -0.4 is 16.1 Å². The van der Waals surface area contributed by atoms with Crippen LogP contribution in [0.15, 0.2) is 50.9 Å². The molecule has 0 atom stereocenters. The Kier molecular flexibility index (Phi) is 4.05. The minimum atomic E-state index is -3.52. The summed E-state index contributed by atoms with van der Waals surface area (Å²) < 4.78 is 26.5. The minimum Gasteiger partial charge on any atom is -0.355 e. The number of anilines is 1. The molecule has 3 rings (SSSR count). The largest absolute Gasteiger partial charge is 0.355 e. The predicted molar refractivity (Wildman–Crippen MR) is 85.1 cm³/mol. The smallest absolute Gasteiger partial charge is 0.327 e. The maximum atomic E-state index is 12.5. The zero-order chi connectivity index (χ0) is 16.4. The van der Waals surface area contributed by atoms with Crippen LogP contribution in [-0.4, -0.2) is 48.9 Å². The molecule has 2 heterocycles. The van der Waals surface area contributed by atoms with Gasteiger partial charge in [0.25, 0.3) is 5.56 Å². The van der Waals surface area contributed by atoms with Crippen molar-refractivity contribution in [3.63, 3.8) is 0 Å². The number of nitrogens with zero attached hydrogens (tertiary/aromatic N) is 2. The van der Waals surface area contributed by atoms with Gasteiger partial charge in [-0.25, -0.2) is 13.2 Å². The molecule has 0 spiro atoms. The molecular weight excluding hydrogens is 320 g/mol. The first-order valence-electron chi connectivity index (χ1n) is 7.10. The number of rotatable bonds is 3. The first-order chi connectivity index (χ1) is 11.0. The first kappa shape index (κ1) is 15.5. The van der Waals surface area contributed by atoms with Crippen molar-refractivity contribution in [3.05, 3.63) is 57.2 Å². The van der Waals surface area contributed by atoms with Gasteiger partial charge in [-0.05, 0) is 12.1 Å². The van der Waals surface area contributed by atoms with Gasteiger partial charge >= 0.3 is 5.69 Å². The molecule has 8 nitrogen and oxygen atoms in total. The average Bonchev–Trinajstić information content (AvgIpc) is 2.55. The standard InChI is InChI=1S/C14H16N4O4S/c19-13-10-12(15-14(20)16-13)17-6-8-18(9-7-17)23(21,22)11-4-2-1-3-5-11/h1-5,10H,6-9H2,(H2,15,16,19,20). The van der Waals surface area contributed by atoms with E-state index in [9.17, 15) is 18.0 Å². The lowest BCUT2D eigenvalue weighted by Crippen LogP contribution is -2.49. The fourth-order valence-corrected chi connectivity index (χ4v) is 3.98. The van der Waals surface area contributed by atoms with E-state index in [2.05, 4.69) is 9.97 Å². The van der Waals surface area contributed by atoms with Crippen LogP contribution in [0.4, 0.5) is 5.82 Å². The second kappa shape index (κ2) is 6.01. The van der Waals surface area contributed by atoms with Crippen LogP contribution in [0.5, 0.6) is 0 Å². The number of aromatic amines is 2. The van der Waals surface area contributed by atoms with Crippen LogP contribution in [-0.2, 0) is 10.0 Å². The normalized spacial score (nSPS) is 16.4. The summed E-state index contributed by atoms with van der Waals surface area (Å²) in [5.41, 5.74) is -1.06. The molecule has 0 saturated carbocycles. The zero-order valence-electron chi connectivity index (χ0n) is 12.2. The van der Waals surface area contributed by atoms with E-state index in [4.69, 9.17) is 0 Å². The molecule has 0 aliphatic carbocycles. The number of sulfonamides is 1. The van der Waals surface area contributed by atoms with E-state index in [1.165, 1.54) is 10.4 Å². The third-order valence-corrected chi connectivity index (χ3v) is 5.62. The van der Waals surface area contributed by atoms with Gasteiger partial charge in [0, 0.05) is 32.2 Å². The molecule has 0 bridgehead atoms. The molecule has 1 aliphatic heterocycles. The highest BCUT2D eigenvalue weighted by molar-refractivity contribution is 7.89. The van der Waals surface area contributed by atoms with Crippen molar-refractivity contribution in [2.75, 3.05) is 31.1 Å². The monoisotopic (exact) mass is 336 g/mol. The summed E-state index contributed by atoms with van der Waals surface area (Å²) in [6, 6.07) is 9.56. The van der Waals surface area contributed by atoms with Gasteiger partial charge in [-0.2, -0.15) is 4.31 Å². The number of piperazine rings is 1. The molecule has 2 N–H and O–H groups in total. The van der Waals surface area contributed by atoms with Crippen molar-refractivity contribution in [3.8, 4) is 0 Å². The van der Waals surface area contributed by atoms with Gasteiger partial charge in [-0.15, -0.1) is 0 Å². The number of H-pyrrole nitrogens is 2. The van der Waals surface area contributed by atoms with E-state index in [0.29, 0.717) is 18.9 Å². The highest BCUT2D eigenvalue weighted by atomic mass is 32.2. The summed E-state index contributed by atoms with van der Waals surface area (Å²) in [7, 11) is -3.52. The Bertz CT molecular complexity index is 868. The Hall–Kier alpha value is -2.39. The summed E-state index contributed by atoms with van der Waals surface area (Å²) in [5, 5.41) is 0. The Balaban J connectivity index is 1.76. The molecule has 1 saturated heterocycles. The van der Waals surface area contributed by atoms with Gasteiger partial charge in [0.2, 0.25) is 10.0 Å². The summed E-state index contributed by atoms with van der Waals surface area (Å²) in [4.78, 5) is 29.4. The molecule has 23 heavy (non-hydrogen) atoms. The van der Waals surface area contributed by atoms with Gasteiger partial charge in [0.15, 0.2) is 0 Å². The molecule has 1 aromatic carbocycles. The highest BCUT2D eigenvalue weighted by Gasteiger charge is 2.28. The maximum Gasteiger partial charge on any atom is 0.327 e. The lowest BCUT2D eigenvalue weighted by molar-refractivity contribution is 0.383. The van der Waals surface area contributed by atoms with Gasteiger partial charge < -0.3 is 4.90 Å². The van der Waals surface area contributed by atoms with E-state index in [1.54, 1.807) is 35.2 Å². The van der Waals surface area contributed by atoms with Crippen LogP contribution in [0.1, 0.15) is 0 Å². The number of hydrogen-bond acceptors (Lipinski definition) is 5. The molecule has 9 heteroatoms. The van der Waals surface area contributed by atoms with Gasteiger partial charge in [-0.1, -0.05) is 18.2 Å². The SMILES string of the molecule is O=c1cc(N2CCN(S(=O)(=O)c3ccccc3)CC2)[nH]c(=O)[nH]1. The van der Waals surface area contributed by atoms with Crippen molar-refractivity contribution in [1.82, 2.24) is 14.3 Å². The zero-order valence-corrected chi connectivity index (χ0v) is 13.0. The van der Waals surface area contributed by atoms with E-state index in [-0.39, 0.29) is 18.0 Å². The summed E-state index contributed by atoms with van der Waals surface area (Å²) >= 11 is 0. The number of nitrogens with one attached hydrogen (secondary N) is 2. The Morgan fingerprint density at radius 3 is 2.17 bits per heavy atom. The molecular formula is C14H16N4O4S. The van der Waals surface area contributed by atoms with Crippen molar-refractivity contribution in [2.45, 2.75) is 4.90 Å². The van der Waals surface area contributed by atoms with E-state index in [0.717, 1.165) is 0 Å². The van der Waals surface area contributed by atoms with Crippen LogP contribution in [0.3, 0.4) is 0 Å². The van der Waals surface area contributed by atoms with Crippen molar-refractivity contribution in [1.29, 1.82) is 0 Å². The predicted octanol–water partition coefficient (Wildman–Crippen LogP) is -0.426. The van der Waals surface area contributed by atoms with Gasteiger partial charge in [0.05, 0.1) is 4.90 Å². The first-order valence-corrected chi connectivity index (χ1v) is 8.54. The Morgan fingerprint density at radius 2 is 1.57 bits per heavy atom. The molecule has 1 aliphatic rings. The third kappa shape index (κ3) is 3.20. The molecule has 0 unspecified atom stereocenters. The maximum absolute atomic E-state index is 12.5. The molecule has 1 aromatic heterocycles. The fraction of sp³-hybridized carbons (Fsp3) is 0.286. The second-order valence-electron chi connectivity index (χ2n) is 5.18. The van der Waals surface area contributed by atoms with Crippen LogP contribution in [0, 0.1) is 0 Å². The number of hydrogen-bond donors (Lipinski definition) is 2. The van der Waals surface area contributed by atoms with E-state index < -0.39 is 21.3 Å².